The van der Waals surface area contributed by atoms with Crippen LogP contribution in [-0.2, 0) is 21.9 Å². The Morgan fingerprint density at radius 1 is 1.10 bits per heavy atom. The molecular formula is C28H27F3N4O3S. The van der Waals surface area contributed by atoms with E-state index in [0.717, 1.165) is 12.8 Å². The zero-order valence-electron chi connectivity index (χ0n) is 21.0. The number of hydrogen-bond acceptors (Lipinski definition) is 4. The fourth-order valence-electron chi connectivity index (χ4n) is 4.48. The summed E-state index contributed by atoms with van der Waals surface area (Å²) in [7, 11) is -2.73. The van der Waals surface area contributed by atoms with E-state index in [-0.39, 0.29) is 34.7 Å². The van der Waals surface area contributed by atoms with Gasteiger partial charge >= 0.3 is 6.18 Å². The molecule has 1 heterocycles. The lowest BCUT2D eigenvalue weighted by molar-refractivity contribution is -0.252. The van der Waals surface area contributed by atoms with Gasteiger partial charge in [-0.25, -0.2) is 13.9 Å². The van der Waals surface area contributed by atoms with E-state index in [0.29, 0.717) is 10.6 Å². The monoisotopic (exact) mass is 556 g/mol. The van der Waals surface area contributed by atoms with Crippen molar-refractivity contribution in [3.63, 3.8) is 0 Å². The largest absolute Gasteiger partial charge is 0.428 e. The normalized spacial score (nSPS) is 16.9. The highest BCUT2D eigenvalue weighted by Gasteiger charge is 2.59. The molecule has 1 amide bonds. The van der Waals surface area contributed by atoms with Crippen molar-refractivity contribution in [2.45, 2.75) is 49.0 Å². The number of rotatable bonds is 8. The third-order valence-corrected chi connectivity index (χ3v) is 8.39. The van der Waals surface area contributed by atoms with Crippen LogP contribution < -0.4 is 10.0 Å². The lowest BCUT2D eigenvalue weighted by Gasteiger charge is -2.30. The van der Waals surface area contributed by atoms with E-state index < -0.39 is 33.2 Å². The first kappa shape index (κ1) is 26.9. The second kappa shape index (κ2) is 9.82. The Balaban J connectivity index is 1.50. The van der Waals surface area contributed by atoms with E-state index in [1.807, 2.05) is 0 Å². The number of halogens is 3. The molecule has 0 saturated heterocycles. The number of carbonyl (C=O) groups is 1. The van der Waals surface area contributed by atoms with Crippen LogP contribution in [0.3, 0.4) is 0 Å². The first-order valence-corrected chi connectivity index (χ1v) is 14.1. The van der Waals surface area contributed by atoms with Crippen LogP contribution in [0.25, 0.3) is 11.0 Å². The van der Waals surface area contributed by atoms with Gasteiger partial charge in [0, 0.05) is 34.3 Å². The molecule has 11 heteroatoms. The average Bonchev–Trinajstić information content (AvgIpc) is 3.63. The van der Waals surface area contributed by atoms with Crippen LogP contribution in [0.15, 0.2) is 77.7 Å². The smallest absolute Gasteiger partial charge is 0.370 e. The summed E-state index contributed by atoms with van der Waals surface area (Å²) in [6.45, 7) is 1.70. The van der Waals surface area contributed by atoms with Crippen LogP contribution in [0.4, 0.5) is 18.9 Å². The SMILES string of the molecule is C=S(=O)(NC1CC1)c1cccc(NC(=O)c2ccc3nc(C(O)(c4ccccc4)C(F)(F)F)n(CC)c3c2)c1. The Morgan fingerprint density at radius 2 is 1.82 bits per heavy atom. The topological polar surface area (TPSA) is 96.2 Å². The second-order valence-corrected chi connectivity index (χ2v) is 11.6. The summed E-state index contributed by atoms with van der Waals surface area (Å²) in [6, 6.07) is 17.8. The lowest BCUT2D eigenvalue weighted by Crippen LogP contribution is -2.45. The summed E-state index contributed by atoms with van der Waals surface area (Å²) in [5, 5.41) is 13.9. The molecule has 7 nitrogen and oxygen atoms in total. The van der Waals surface area contributed by atoms with Crippen LogP contribution in [0.5, 0.6) is 0 Å². The number of imidazole rings is 1. The Hall–Kier alpha value is -3.67. The highest BCUT2D eigenvalue weighted by Crippen LogP contribution is 2.44. The van der Waals surface area contributed by atoms with Gasteiger partial charge in [-0.1, -0.05) is 36.4 Å². The summed E-state index contributed by atoms with van der Waals surface area (Å²) in [6.07, 6.45) is -3.18. The van der Waals surface area contributed by atoms with Gasteiger partial charge in [-0.2, -0.15) is 13.2 Å². The molecule has 3 N–H and O–H groups in total. The molecule has 2 atom stereocenters. The Morgan fingerprint density at radius 3 is 2.46 bits per heavy atom. The molecule has 4 aromatic rings. The molecule has 0 bridgehead atoms. The van der Waals surface area contributed by atoms with Gasteiger partial charge in [-0.15, -0.1) is 0 Å². The summed E-state index contributed by atoms with van der Waals surface area (Å²) < 4.78 is 60.3. The molecule has 1 saturated carbocycles. The molecule has 2 unspecified atom stereocenters. The number of carbonyl (C=O) groups excluding carboxylic acids is 1. The summed E-state index contributed by atoms with van der Waals surface area (Å²) in [5.41, 5.74) is -2.68. The third-order valence-electron chi connectivity index (χ3n) is 6.66. The number of hydrogen-bond donors (Lipinski definition) is 3. The predicted molar refractivity (Wildman–Crippen MR) is 145 cm³/mol. The zero-order valence-corrected chi connectivity index (χ0v) is 21.9. The van der Waals surface area contributed by atoms with Crippen LogP contribution >= 0.6 is 0 Å². The molecule has 1 aromatic heterocycles. The Kier molecular flexibility index (Phi) is 6.78. The van der Waals surface area contributed by atoms with Crippen LogP contribution in [-0.4, -0.2) is 42.9 Å². The maximum Gasteiger partial charge on any atom is 0.428 e. The molecule has 0 aliphatic heterocycles. The van der Waals surface area contributed by atoms with Gasteiger partial charge in [-0.3, -0.25) is 4.79 Å². The van der Waals surface area contributed by atoms with Crippen LogP contribution in [0.1, 0.15) is 41.5 Å². The first-order chi connectivity index (χ1) is 18.4. The quantitative estimate of drug-likeness (QED) is 0.271. The van der Waals surface area contributed by atoms with Gasteiger partial charge in [0.25, 0.3) is 5.91 Å². The van der Waals surface area contributed by atoms with Crippen molar-refractivity contribution < 1.29 is 27.3 Å². The number of amides is 1. The van der Waals surface area contributed by atoms with Crippen molar-refractivity contribution in [3.05, 3.63) is 89.7 Å². The molecule has 1 aliphatic rings. The first-order valence-electron chi connectivity index (χ1n) is 12.4. The number of anilines is 1. The van der Waals surface area contributed by atoms with E-state index in [9.17, 15) is 27.3 Å². The Labute approximate surface area is 223 Å². The molecule has 204 valence electrons. The van der Waals surface area contributed by atoms with Gasteiger partial charge in [0.2, 0.25) is 5.60 Å². The maximum atomic E-state index is 14.4. The molecule has 0 spiro atoms. The minimum Gasteiger partial charge on any atom is -0.370 e. The Bertz CT molecular complexity index is 1650. The third kappa shape index (κ3) is 5.05. The molecule has 5 rings (SSSR count). The number of fused-ring (bicyclic) bond motifs is 1. The minimum atomic E-state index is -5.06. The second-order valence-electron chi connectivity index (χ2n) is 9.51. The number of aryl methyl sites for hydroxylation is 1. The van der Waals surface area contributed by atoms with Crippen molar-refractivity contribution in [2.75, 3.05) is 5.32 Å². The molecule has 1 aliphatic carbocycles. The van der Waals surface area contributed by atoms with Crippen molar-refractivity contribution in [2.24, 2.45) is 0 Å². The fourth-order valence-corrected chi connectivity index (χ4v) is 6.01. The molecule has 3 aromatic carbocycles. The molecular weight excluding hydrogens is 529 g/mol. The van der Waals surface area contributed by atoms with Crippen LogP contribution in [0.2, 0.25) is 0 Å². The standard InChI is InChI=1S/C28H27F3N4O3S/c1-3-35-24-16-18(25(36)32-21-10-7-11-22(17-21)39(2,38)34-20-13-14-20)12-15-23(24)33-26(35)27(37,28(29,30)31)19-8-5-4-6-9-19/h4-12,15-17,20,37H,2-3,13-14H2,1H3,(H,32,36)(H,34,38). The average molecular weight is 557 g/mol. The molecule has 39 heavy (non-hydrogen) atoms. The van der Waals surface area contributed by atoms with Gasteiger partial charge in [0.05, 0.1) is 20.7 Å². The minimum absolute atomic E-state index is 0.0655. The van der Waals surface area contributed by atoms with Gasteiger partial charge in [0.1, 0.15) is 0 Å². The lowest BCUT2D eigenvalue weighted by atomic mass is 9.92. The predicted octanol–water partition coefficient (Wildman–Crippen LogP) is 4.85. The van der Waals surface area contributed by atoms with E-state index >= 15 is 0 Å². The van der Waals surface area contributed by atoms with Gasteiger partial charge in [-0.05, 0) is 62.0 Å². The molecule has 0 radical (unpaired) electrons. The number of nitrogens with one attached hydrogen (secondary N) is 2. The van der Waals surface area contributed by atoms with Gasteiger partial charge < -0.3 is 15.0 Å². The summed E-state index contributed by atoms with van der Waals surface area (Å²) >= 11 is 0. The highest BCUT2D eigenvalue weighted by molar-refractivity contribution is 7.98. The van der Waals surface area contributed by atoms with E-state index in [4.69, 9.17) is 0 Å². The number of alkyl halides is 3. The van der Waals surface area contributed by atoms with E-state index in [1.165, 1.54) is 47.0 Å². The van der Waals surface area contributed by atoms with Crippen molar-refractivity contribution in [3.8, 4) is 0 Å². The van der Waals surface area contributed by atoms with Gasteiger partial charge in [0.15, 0.2) is 5.82 Å². The van der Waals surface area contributed by atoms with Crippen molar-refractivity contribution in [1.29, 1.82) is 0 Å². The number of nitrogens with zero attached hydrogens (tertiary/aromatic N) is 2. The zero-order chi connectivity index (χ0) is 28.0. The fraction of sp³-hybridized carbons (Fsp3) is 0.250. The van der Waals surface area contributed by atoms with Crippen molar-refractivity contribution >= 4 is 38.2 Å². The maximum absolute atomic E-state index is 14.4. The highest BCUT2D eigenvalue weighted by atomic mass is 32.2. The molecule has 1 fully saturated rings. The van der Waals surface area contributed by atoms with Crippen LogP contribution in [0, 0.1) is 0 Å². The van der Waals surface area contributed by atoms with E-state index in [1.54, 1.807) is 37.3 Å². The number of aromatic nitrogens is 2. The summed E-state index contributed by atoms with van der Waals surface area (Å²) in [5.74, 6) is 2.71. The summed E-state index contributed by atoms with van der Waals surface area (Å²) in [4.78, 5) is 17.7. The van der Waals surface area contributed by atoms with E-state index in [2.05, 4.69) is 20.9 Å². The van der Waals surface area contributed by atoms with Crippen molar-refractivity contribution in [1.82, 2.24) is 14.3 Å². The number of aliphatic hydroxyl groups is 1. The number of benzene rings is 3.